The van der Waals surface area contributed by atoms with Crippen molar-refractivity contribution in [1.82, 2.24) is 24.8 Å². The second-order valence-corrected chi connectivity index (χ2v) is 6.78. The SMILES string of the molecule is Cc1cc(C)n2nc(C)c(C(=O)NC3CCN(C(C)C)C3)c2n1. The van der Waals surface area contributed by atoms with Gasteiger partial charge in [0.1, 0.15) is 5.56 Å². The van der Waals surface area contributed by atoms with E-state index in [1.807, 2.05) is 26.8 Å². The molecule has 0 saturated carbocycles. The molecule has 1 unspecified atom stereocenters. The Morgan fingerprint density at radius 3 is 2.74 bits per heavy atom. The van der Waals surface area contributed by atoms with Gasteiger partial charge in [0.05, 0.1) is 5.69 Å². The van der Waals surface area contributed by atoms with Gasteiger partial charge in [-0.05, 0) is 47.1 Å². The van der Waals surface area contributed by atoms with Gasteiger partial charge in [0, 0.05) is 36.6 Å². The van der Waals surface area contributed by atoms with E-state index in [4.69, 9.17) is 0 Å². The van der Waals surface area contributed by atoms with Gasteiger partial charge >= 0.3 is 0 Å². The average Bonchev–Trinajstić information content (AvgIpc) is 3.03. The Balaban J connectivity index is 1.86. The molecular weight excluding hydrogens is 290 g/mol. The largest absolute Gasteiger partial charge is 0.348 e. The zero-order chi connectivity index (χ0) is 16.7. The molecule has 1 amide bonds. The predicted molar refractivity (Wildman–Crippen MR) is 89.8 cm³/mol. The number of carbonyl (C=O) groups excluding carboxylic acids is 1. The van der Waals surface area contributed by atoms with Crippen LogP contribution in [-0.4, -0.2) is 50.6 Å². The molecule has 1 atom stereocenters. The number of amides is 1. The van der Waals surface area contributed by atoms with Gasteiger partial charge in [-0.15, -0.1) is 0 Å². The lowest BCUT2D eigenvalue weighted by atomic mass is 10.2. The lowest BCUT2D eigenvalue weighted by Gasteiger charge is -2.20. The highest BCUT2D eigenvalue weighted by molar-refractivity contribution is 6.01. The van der Waals surface area contributed by atoms with E-state index < -0.39 is 0 Å². The Morgan fingerprint density at radius 1 is 1.35 bits per heavy atom. The van der Waals surface area contributed by atoms with Crippen LogP contribution in [0.1, 0.15) is 47.7 Å². The molecule has 0 aliphatic carbocycles. The van der Waals surface area contributed by atoms with Crippen LogP contribution >= 0.6 is 0 Å². The van der Waals surface area contributed by atoms with Gasteiger partial charge in [-0.1, -0.05) is 0 Å². The third-order valence-corrected chi connectivity index (χ3v) is 4.58. The van der Waals surface area contributed by atoms with Gasteiger partial charge in [0.2, 0.25) is 0 Å². The number of hydrogen-bond acceptors (Lipinski definition) is 4. The van der Waals surface area contributed by atoms with Gasteiger partial charge in [-0.25, -0.2) is 9.50 Å². The highest BCUT2D eigenvalue weighted by Gasteiger charge is 2.27. The van der Waals surface area contributed by atoms with E-state index >= 15 is 0 Å². The van der Waals surface area contributed by atoms with Crippen LogP contribution in [-0.2, 0) is 0 Å². The summed E-state index contributed by atoms with van der Waals surface area (Å²) in [5.41, 5.74) is 3.86. The van der Waals surface area contributed by atoms with Crippen LogP contribution in [0.2, 0.25) is 0 Å². The minimum Gasteiger partial charge on any atom is -0.348 e. The van der Waals surface area contributed by atoms with E-state index in [1.165, 1.54) is 0 Å². The number of carbonyl (C=O) groups is 1. The number of nitrogens with one attached hydrogen (secondary N) is 1. The Hall–Kier alpha value is -1.95. The van der Waals surface area contributed by atoms with Crippen LogP contribution in [0.25, 0.3) is 5.65 Å². The molecule has 1 N–H and O–H groups in total. The van der Waals surface area contributed by atoms with Crippen LogP contribution < -0.4 is 5.32 Å². The van der Waals surface area contributed by atoms with E-state index in [2.05, 4.69) is 34.1 Å². The lowest BCUT2D eigenvalue weighted by Crippen LogP contribution is -2.38. The molecular formula is C17H25N5O. The molecule has 2 aromatic rings. The van der Waals surface area contributed by atoms with Crippen LogP contribution in [0.3, 0.4) is 0 Å². The highest BCUT2D eigenvalue weighted by atomic mass is 16.1. The van der Waals surface area contributed by atoms with E-state index in [9.17, 15) is 4.79 Å². The zero-order valence-electron chi connectivity index (χ0n) is 14.6. The van der Waals surface area contributed by atoms with E-state index in [1.54, 1.807) is 4.52 Å². The summed E-state index contributed by atoms with van der Waals surface area (Å²) >= 11 is 0. The van der Waals surface area contributed by atoms with Crippen LogP contribution in [0.15, 0.2) is 6.07 Å². The Bertz CT molecular complexity index is 749. The van der Waals surface area contributed by atoms with E-state index in [-0.39, 0.29) is 11.9 Å². The molecule has 3 heterocycles. The van der Waals surface area contributed by atoms with Gasteiger partial charge in [-0.3, -0.25) is 9.69 Å². The summed E-state index contributed by atoms with van der Waals surface area (Å²) in [5.74, 6) is -0.0643. The maximum atomic E-state index is 12.8. The van der Waals surface area contributed by atoms with Crippen molar-refractivity contribution in [3.05, 3.63) is 28.7 Å². The lowest BCUT2D eigenvalue weighted by molar-refractivity contribution is 0.0937. The van der Waals surface area contributed by atoms with Gasteiger partial charge < -0.3 is 5.32 Å². The summed E-state index contributed by atoms with van der Waals surface area (Å²) in [6, 6.07) is 2.69. The Labute approximate surface area is 136 Å². The number of aryl methyl sites for hydroxylation is 3. The van der Waals surface area contributed by atoms with Crippen LogP contribution in [0, 0.1) is 20.8 Å². The number of aromatic nitrogens is 3. The summed E-state index contributed by atoms with van der Waals surface area (Å²) < 4.78 is 1.76. The summed E-state index contributed by atoms with van der Waals surface area (Å²) in [7, 11) is 0. The number of likely N-dealkylation sites (tertiary alicyclic amines) is 1. The number of rotatable bonds is 3. The van der Waals surface area contributed by atoms with Gasteiger partial charge in [0.25, 0.3) is 5.91 Å². The van der Waals surface area contributed by atoms with Crippen molar-refractivity contribution in [1.29, 1.82) is 0 Å². The van der Waals surface area contributed by atoms with Gasteiger partial charge in [0.15, 0.2) is 5.65 Å². The molecule has 1 aliphatic rings. The molecule has 0 spiro atoms. The number of hydrogen-bond donors (Lipinski definition) is 1. The molecule has 0 aromatic carbocycles. The first-order valence-electron chi connectivity index (χ1n) is 8.25. The number of nitrogens with zero attached hydrogens (tertiary/aromatic N) is 4. The minimum atomic E-state index is -0.0643. The van der Waals surface area contributed by atoms with Crippen molar-refractivity contribution >= 4 is 11.6 Å². The fourth-order valence-corrected chi connectivity index (χ4v) is 3.32. The van der Waals surface area contributed by atoms with Crippen molar-refractivity contribution < 1.29 is 4.79 Å². The smallest absolute Gasteiger partial charge is 0.257 e. The monoisotopic (exact) mass is 315 g/mol. The molecule has 0 radical (unpaired) electrons. The molecule has 6 heteroatoms. The van der Waals surface area contributed by atoms with Crippen LogP contribution in [0.4, 0.5) is 0 Å². The normalized spacial score (nSPS) is 19.0. The molecule has 1 saturated heterocycles. The summed E-state index contributed by atoms with van der Waals surface area (Å²) in [4.78, 5) is 19.7. The molecule has 23 heavy (non-hydrogen) atoms. The first-order chi connectivity index (χ1) is 10.9. The molecule has 1 aliphatic heterocycles. The predicted octanol–water partition coefficient (Wildman–Crippen LogP) is 1.87. The highest BCUT2D eigenvalue weighted by Crippen LogP contribution is 2.18. The fraction of sp³-hybridized carbons (Fsp3) is 0.588. The summed E-state index contributed by atoms with van der Waals surface area (Å²) in [6.07, 6.45) is 0.994. The Kier molecular flexibility index (Phi) is 4.10. The first kappa shape index (κ1) is 15.9. The van der Waals surface area contributed by atoms with Crippen molar-refractivity contribution in [3.63, 3.8) is 0 Å². The summed E-state index contributed by atoms with van der Waals surface area (Å²) in [6.45, 7) is 12.1. The molecule has 1 fully saturated rings. The maximum Gasteiger partial charge on any atom is 0.257 e. The van der Waals surface area contributed by atoms with Gasteiger partial charge in [-0.2, -0.15) is 5.10 Å². The molecule has 2 aromatic heterocycles. The fourth-order valence-electron chi connectivity index (χ4n) is 3.32. The summed E-state index contributed by atoms with van der Waals surface area (Å²) in [5, 5.41) is 7.64. The van der Waals surface area contributed by atoms with E-state index in [0.717, 1.165) is 36.6 Å². The molecule has 0 bridgehead atoms. The second-order valence-electron chi connectivity index (χ2n) is 6.78. The van der Waals surface area contributed by atoms with Crippen molar-refractivity contribution in [2.75, 3.05) is 13.1 Å². The second kappa shape index (κ2) is 5.92. The Morgan fingerprint density at radius 2 is 2.09 bits per heavy atom. The third kappa shape index (κ3) is 2.95. The average molecular weight is 315 g/mol. The zero-order valence-corrected chi connectivity index (χ0v) is 14.6. The first-order valence-corrected chi connectivity index (χ1v) is 8.25. The minimum absolute atomic E-state index is 0.0643. The standard InChI is InChI=1S/C17H25N5O/c1-10(2)21-7-6-14(9-21)19-17(23)15-13(5)20-22-12(4)8-11(3)18-16(15)22/h8,10,14H,6-7,9H2,1-5H3,(H,19,23). The topological polar surface area (TPSA) is 62.5 Å². The van der Waals surface area contributed by atoms with Crippen LogP contribution in [0.5, 0.6) is 0 Å². The quantitative estimate of drug-likeness (QED) is 0.939. The van der Waals surface area contributed by atoms with Crippen molar-refractivity contribution in [2.24, 2.45) is 0 Å². The molecule has 3 rings (SSSR count). The van der Waals surface area contributed by atoms with Crippen molar-refractivity contribution in [3.8, 4) is 0 Å². The molecule has 124 valence electrons. The van der Waals surface area contributed by atoms with Crippen molar-refractivity contribution in [2.45, 2.75) is 53.1 Å². The number of fused-ring (bicyclic) bond motifs is 1. The third-order valence-electron chi connectivity index (χ3n) is 4.58. The van der Waals surface area contributed by atoms with E-state index in [0.29, 0.717) is 17.3 Å². The maximum absolute atomic E-state index is 12.8. The molecule has 6 nitrogen and oxygen atoms in total.